The highest BCUT2D eigenvalue weighted by molar-refractivity contribution is 14.1. The predicted octanol–water partition coefficient (Wildman–Crippen LogP) is 3.29. The second-order valence-electron chi connectivity index (χ2n) is 3.36. The summed E-state index contributed by atoms with van der Waals surface area (Å²) < 4.78 is 12.1. The third-order valence-corrected chi connectivity index (χ3v) is 2.79. The van der Waals surface area contributed by atoms with Gasteiger partial charge in [0.2, 0.25) is 0 Å². The summed E-state index contributed by atoms with van der Waals surface area (Å²) in [6.07, 6.45) is 2.32. The Kier molecular flexibility index (Phi) is 6.10. The molecule has 1 aromatic rings. The molecule has 1 N–H and O–H groups in total. The summed E-state index contributed by atoms with van der Waals surface area (Å²) in [5, 5.41) is 11.6. The second kappa shape index (κ2) is 7.37. The molecule has 0 aliphatic rings. The van der Waals surface area contributed by atoms with Crippen LogP contribution in [-0.4, -0.2) is 24.6 Å². The zero-order valence-electron chi connectivity index (χ0n) is 9.94. The molecule has 0 spiro atoms. The molecule has 0 saturated carbocycles. The van der Waals surface area contributed by atoms with E-state index < -0.39 is 0 Å². The van der Waals surface area contributed by atoms with E-state index in [9.17, 15) is 0 Å². The van der Waals surface area contributed by atoms with Crippen LogP contribution in [-0.2, 0) is 0 Å². The highest BCUT2D eigenvalue weighted by atomic mass is 127. The van der Waals surface area contributed by atoms with Crippen molar-refractivity contribution in [1.29, 1.82) is 0 Å². The van der Waals surface area contributed by atoms with Gasteiger partial charge in [-0.05, 0) is 48.1 Å². The van der Waals surface area contributed by atoms with Crippen molar-refractivity contribution in [2.45, 2.75) is 20.3 Å². The van der Waals surface area contributed by atoms with Crippen LogP contribution in [0.4, 0.5) is 0 Å². The Labute approximate surface area is 115 Å². The molecule has 0 aromatic heterocycles. The third-order valence-electron chi connectivity index (χ3n) is 1.99. The standard InChI is InChI=1S/C12H16INO3/c1-3-5-17-12-10(13)6-9(8-14-15)7-11(12)16-4-2/h6-8,15H,3-5H2,1-2H3. The van der Waals surface area contributed by atoms with Gasteiger partial charge in [0.05, 0.1) is 23.0 Å². The van der Waals surface area contributed by atoms with Crippen molar-refractivity contribution in [3.63, 3.8) is 0 Å². The van der Waals surface area contributed by atoms with E-state index in [4.69, 9.17) is 14.7 Å². The Balaban J connectivity index is 3.08. The quantitative estimate of drug-likeness (QED) is 0.371. The fourth-order valence-corrected chi connectivity index (χ4v) is 2.12. The van der Waals surface area contributed by atoms with Gasteiger partial charge in [-0.2, -0.15) is 0 Å². The topological polar surface area (TPSA) is 51.0 Å². The molecule has 0 amide bonds. The maximum atomic E-state index is 8.54. The van der Waals surface area contributed by atoms with Gasteiger partial charge in [-0.25, -0.2) is 0 Å². The van der Waals surface area contributed by atoms with Crippen molar-refractivity contribution in [3.05, 3.63) is 21.3 Å². The molecule has 0 fully saturated rings. The molecule has 0 atom stereocenters. The maximum absolute atomic E-state index is 8.54. The lowest BCUT2D eigenvalue weighted by atomic mass is 10.2. The first kappa shape index (κ1) is 14.1. The number of ether oxygens (including phenoxy) is 2. The minimum atomic E-state index is 0.568. The van der Waals surface area contributed by atoms with E-state index in [0.29, 0.717) is 19.0 Å². The maximum Gasteiger partial charge on any atom is 0.174 e. The van der Waals surface area contributed by atoms with Gasteiger partial charge in [-0.3, -0.25) is 0 Å². The zero-order chi connectivity index (χ0) is 12.7. The van der Waals surface area contributed by atoms with Crippen molar-refractivity contribution in [3.8, 4) is 11.5 Å². The van der Waals surface area contributed by atoms with E-state index in [-0.39, 0.29) is 0 Å². The number of hydrogen-bond donors (Lipinski definition) is 1. The summed E-state index contributed by atoms with van der Waals surface area (Å²) in [4.78, 5) is 0. The Hall–Kier alpha value is -0.980. The molecule has 0 saturated heterocycles. The second-order valence-corrected chi connectivity index (χ2v) is 4.52. The van der Waals surface area contributed by atoms with Gasteiger partial charge in [0.1, 0.15) is 0 Å². The van der Waals surface area contributed by atoms with E-state index in [1.54, 1.807) is 6.07 Å². The van der Waals surface area contributed by atoms with Crippen LogP contribution >= 0.6 is 22.6 Å². The number of rotatable bonds is 6. The molecular weight excluding hydrogens is 333 g/mol. The van der Waals surface area contributed by atoms with Crippen molar-refractivity contribution in [2.24, 2.45) is 5.16 Å². The molecule has 0 radical (unpaired) electrons. The van der Waals surface area contributed by atoms with Gasteiger partial charge in [-0.15, -0.1) is 0 Å². The summed E-state index contributed by atoms with van der Waals surface area (Å²) in [7, 11) is 0. The molecule has 4 nitrogen and oxygen atoms in total. The predicted molar refractivity (Wildman–Crippen MR) is 75.5 cm³/mol. The molecule has 94 valence electrons. The van der Waals surface area contributed by atoms with Crippen molar-refractivity contribution in [1.82, 2.24) is 0 Å². The lowest BCUT2D eigenvalue weighted by Crippen LogP contribution is -2.02. The lowest BCUT2D eigenvalue weighted by Gasteiger charge is -2.13. The third kappa shape index (κ3) is 4.07. The molecule has 5 heteroatoms. The Morgan fingerprint density at radius 3 is 2.71 bits per heavy atom. The SMILES string of the molecule is CCCOc1c(I)cc(C=NO)cc1OCC. The van der Waals surface area contributed by atoms with Crippen LogP contribution in [0.2, 0.25) is 0 Å². The summed E-state index contributed by atoms with van der Waals surface area (Å²) in [5.41, 5.74) is 0.782. The first-order valence-electron chi connectivity index (χ1n) is 5.49. The molecule has 1 rings (SSSR count). The highest BCUT2D eigenvalue weighted by Crippen LogP contribution is 2.33. The molecule has 0 bridgehead atoms. The van der Waals surface area contributed by atoms with E-state index in [0.717, 1.165) is 21.3 Å². The Morgan fingerprint density at radius 1 is 1.35 bits per heavy atom. The van der Waals surface area contributed by atoms with Crippen LogP contribution < -0.4 is 9.47 Å². The molecule has 0 aliphatic heterocycles. The molecule has 0 unspecified atom stereocenters. The fourth-order valence-electron chi connectivity index (χ4n) is 1.34. The summed E-state index contributed by atoms with van der Waals surface area (Å²) >= 11 is 2.18. The van der Waals surface area contributed by atoms with Gasteiger partial charge >= 0.3 is 0 Å². The zero-order valence-corrected chi connectivity index (χ0v) is 12.1. The number of benzene rings is 1. The number of hydrogen-bond acceptors (Lipinski definition) is 4. The Morgan fingerprint density at radius 2 is 2.12 bits per heavy atom. The number of nitrogens with zero attached hydrogens (tertiary/aromatic N) is 1. The molecule has 1 aromatic carbocycles. The average Bonchev–Trinajstić information content (AvgIpc) is 2.29. The van der Waals surface area contributed by atoms with E-state index in [1.807, 2.05) is 13.0 Å². The van der Waals surface area contributed by atoms with Crippen LogP contribution in [0.1, 0.15) is 25.8 Å². The Bertz CT molecular complexity index is 394. The summed E-state index contributed by atoms with van der Waals surface area (Å²) in [6.45, 7) is 5.20. The van der Waals surface area contributed by atoms with Gasteiger partial charge in [-0.1, -0.05) is 12.1 Å². The van der Waals surface area contributed by atoms with Crippen molar-refractivity contribution >= 4 is 28.8 Å². The van der Waals surface area contributed by atoms with Crippen molar-refractivity contribution in [2.75, 3.05) is 13.2 Å². The molecule has 0 heterocycles. The van der Waals surface area contributed by atoms with Crippen LogP contribution in [0.15, 0.2) is 17.3 Å². The first-order valence-corrected chi connectivity index (χ1v) is 6.57. The largest absolute Gasteiger partial charge is 0.490 e. The van der Waals surface area contributed by atoms with E-state index in [1.165, 1.54) is 6.21 Å². The van der Waals surface area contributed by atoms with E-state index >= 15 is 0 Å². The number of halogens is 1. The highest BCUT2D eigenvalue weighted by Gasteiger charge is 2.11. The summed E-state index contributed by atoms with van der Waals surface area (Å²) in [6, 6.07) is 3.68. The number of oxime groups is 1. The van der Waals surface area contributed by atoms with Gasteiger partial charge in [0.15, 0.2) is 11.5 Å². The van der Waals surface area contributed by atoms with Gasteiger partial charge in [0, 0.05) is 5.56 Å². The molecule has 0 aliphatic carbocycles. The van der Waals surface area contributed by atoms with Crippen LogP contribution in [0.3, 0.4) is 0 Å². The van der Waals surface area contributed by atoms with Crippen molar-refractivity contribution < 1.29 is 14.7 Å². The van der Waals surface area contributed by atoms with E-state index in [2.05, 4.69) is 34.7 Å². The average molecular weight is 349 g/mol. The first-order chi connectivity index (χ1) is 8.22. The molecule has 17 heavy (non-hydrogen) atoms. The minimum absolute atomic E-state index is 0.568. The summed E-state index contributed by atoms with van der Waals surface area (Å²) in [5.74, 6) is 1.44. The monoisotopic (exact) mass is 349 g/mol. The van der Waals surface area contributed by atoms with Crippen LogP contribution in [0, 0.1) is 3.57 Å². The van der Waals surface area contributed by atoms with Gasteiger partial charge < -0.3 is 14.7 Å². The lowest BCUT2D eigenvalue weighted by molar-refractivity contribution is 0.275. The fraction of sp³-hybridized carbons (Fsp3) is 0.417. The van der Waals surface area contributed by atoms with Crippen LogP contribution in [0.5, 0.6) is 11.5 Å². The smallest absolute Gasteiger partial charge is 0.174 e. The van der Waals surface area contributed by atoms with Crippen LogP contribution in [0.25, 0.3) is 0 Å². The normalized spacial score (nSPS) is 10.8. The minimum Gasteiger partial charge on any atom is -0.490 e. The molecular formula is C12H16INO3. The van der Waals surface area contributed by atoms with Gasteiger partial charge in [0.25, 0.3) is 0 Å².